The van der Waals surface area contributed by atoms with Crippen molar-refractivity contribution in [2.24, 2.45) is 18.7 Å². The number of nitrogens with two attached hydrogens (primary N) is 1. The number of nitrogens with zero attached hydrogens (tertiary/aromatic N) is 4. The van der Waals surface area contributed by atoms with Crippen molar-refractivity contribution < 1.29 is 82.9 Å². The lowest BCUT2D eigenvalue weighted by Gasteiger charge is -2.39. The van der Waals surface area contributed by atoms with Crippen LogP contribution in [0.15, 0.2) is 66.9 Å². The first-order chi connectivity index (χ1) is 37.6. The quantitative estimate of drug-likeness (QED) is 0.0344. The number of ether oxygens (including phenoxy) is 5. The van der Waals surface area contributed by atoms with Gasteiger partial charge in [-0.3, -0.25) is 34.1 Å². The summed E-state index contributed by atoms with van der Waals surface area (Å²) in [6.45, 7) is 4.00. The van der Waals surface area contributed by atoms with Gasteiger partial charge < -0.3 is 85.7 Å². The minimum atomic E-state index is -1.86. The maximum atomic E-state index is 14.2. The first-order valence-corrected chi connectivity index (χ1v) is 25.4. The molecule has 3 aliphatic rings. The Morgan fingerprint density at radius 3 is 2.25 bits per heavy atom. The minimum absolute atomic E-state index is 0.0219. The molecular weight excluding hydrogens is 1040 g/mol. The van der Waals surface area contributed by atoms with Crippen LogP contribution < -0.4 is 46.1 Å². The Morgan fingerprint density at radius 2 is 1.58 bits per heavy atom. The normalized spacial score (nSPS) is 21.6. The van der Waals surface area contributed by atoms with Gasteiger partial charge in [-0.2, -0.15) is 0 Å². The lowest BCUT2D eigenvalue weighted by atomic mass is 9.99. The zero-order chi connectivity index (χ0) is 57.4. The molecule has 3 aromatic carbocycles. The van der Waals surface area contributed by atoms with Crippen LogP contribution >= 0.6 is 0 Å². The zero-order valence-corrected chi connectivity index (χ0v) is 43.9. The number of anilines is 4. The van der Waals surface area contributed by atoms with Gasteiger partial charge in [0, 0.05) is 49.7 Å². The zero-order valence-electron chi connectivity index (χ0n) is 43.9. The van der Waals surface area contributed by atoms with Crippen molar-refractivity contribution in [1.29, 1.82) is 0 Å². The highest BCUT2D eigenvalue weighted by Gasteiger charge is 2.46. The molecule has 2 saturated heterocycles. The van der Waals surface area contributed by atoms with Crippen LogP contribution in [0.4, 0.5) is 33.2 Å². The number of rotatable bonds is 20. The van der Waals surface area contributed by atoms with Crippen LogP contribution in [0.25, 0.3) is 0 Å². The van der Waals surface area contributed by atoms with Gasteiger partial charge in [0.1, 0.15) is 42.8 Å². The fraction of sp³-hybridized carbons (Fsp3) is 0.462. The smallest absolute Gasteiger partial charge is 0.416 e. The fourth-order valence-electron chi connectivity index (χ4n) is 9.04. The Morgan fingerprint density at radius 1 is 0.873 bits per heavy atom. The average Bonchev–Trinajstić information content (AvgIpc) is 3.87. The van der Waals surface area contributed by atoms with Crippen LogP contribution in [0.3, 0.4) is 0 Å². The summed E-state index contributed by atoms with van der Waals surface area (Å²) >= 11 is 0. The number of piperidine rings is 1. The molecule has 1 aromatic heterocycles. The Bertz CT molecular complexity index is 2900. The summed E-state index contributed by atoms with van der Waals surface area (Å²) < 4.78 is 29.7. The molecule has 27 heteroatoms. The molecule has 1 unspecified atom stereocenters. The number of carbonyl (C=O) groups is 6. The second-order valence-corrected chi connectivity index (χ2v) is 19.5. The monoisotopic (exact) mass is 1100 g/mol. The van der Waals surface area contributed by atoms with Gasteiger partial charge in [-0.05, 0) is 86.6 Å². The molecule has 0 radical (unpaired) electrons. The summed E-state index contributed by atoms with van der Waals surface area (Å²) in [5, 5.41) is 75.1. The van der Waals surface area contributed by atoms with Crippen LogP contribution in [0.2, 0.25) is 0 Å². The Hall–Kier alpha value is -7.92. The number of amides is 6. The third-order valence-electron chi connectivity index (χ3n) is 13.6. The number of benzene rings is 3. The van der Waals surface area contributed by atoms with E-state index >= 15 is 0 Å². The molecule has 4 heterocycles. The van der Waals surface area contributed by atoms with Gasteiger partial charge in [-0.1, -0.05) is 19.9 Å². The number of hydrogen-bond acceptors (Lipinski definition) is 19. The van der Waals surface area contributed by atoms with Crippen molar-refractivity contribution in [1.82, 2.24) is 14.8 Å². The summed E-state index contributed by atoms with van der Waals surface area (Å²) in [5.74, 6) is -2.69. The topological polar surface area (TPSA) is 378 Å². The van der Waals surface area contributed by atoms with Crippen molar-refractivity contribution in [3.8, 4) is 17.2 Å². The van der Waals surface area contributed by atoms with Crippen molar-refractivity contribution >= 4 is 64.1 Å². The van der Waals surface area contributed by atoms with Crippen LogP contribution in [0.5, 0.6) is 17.2 Å². The first kappa shape index (κ1) is 58.8. The van der Waals surface area contributed by atoms with E-state index in [2.05, 4.69) is 21.3 Å². The van der Waals surface area contributed by atoms with E-state index in [0.717, 1.165) is 17.0 Å². The van der Waals surface area contributed by atoms with E-state index in [4.69, 9.17) is 29.4 Å². The molecular formula is C52H65N9O18. The largest absolute Gasteiger partial charge is 0.493 e. The number of nitrogens with one attached hydrogen (secondary N) is 4. The second-order valence-electron chi connectivity index (χ2n) is 19.5. The number of aliphatic hydroxyl groups is 5. The predicted molar refractivity (Wildman–Crippen MR) is 280 cm³/mol. The molecule has 6 amide bonds. The summed E-state index contributed by atoms with van der Waals surface area (Å²) in [5.41, 5.74) is 6.57. The van der Waals surface area contributed by atoms with E-state index in [-0.39, 0.29) is 65.9 Å². The van der Waals surface area contributed by atoms with E-state index in [1.807, 2.05) is 0 Å². The molecule has 0 aliphatic carbocycles. The molecule has 0 saturated carbocycles. The Labute approximate surface area is 452 Å². The van der Waals surface area contributed by atoms with Gasteiger partial charge in [0.15, 0.2) is 23.5 Å². The SMILES string of the molecule is COc1cc2c(cc1OCCCC(=O)Nc1cc(C(=O)Nc3ccc(NC(=O)[C@H](C)NC(=O)[C@@H](N)C(C)C)cc3)n(C)c1)N(C(=O)OCc1ccc(O[C@@H]3O[C@H](CO)[C@@H](O)[C@H](O)[C@H]3O)c([N+](=O)[O-])c1)C(O)[C@@H]1CCCCN1C2=O. The third kappa shape index (κ3) is 13.7. The number of nitro groups is 1. The highest BCUT2D eigenvalue weighted by molar-refractivity contribution is 6.06. The first-order valence-electron chi connectivity index (χ1n) is 25.4. The van der Waals surface area contributed by atoms with Gasteiger partial charge in [-0.25, -0.2) is 9.69 Å². The maximum absolute atomic E-state index is 14.2. The molecule has 3 aliphatic heterocycles. The van der Waals surface area contributed by atoms with Gasteiger partial charge in [0.05, 0.1) is 54.3 Å². The van der Waals surface area contributed by atoms with E-state index in [1.54, 1.807) is 51.4 Å². The van der Waals surface area contributed by atoms with Crippen molar-refractivity contribution in [2.45, 2.75) is 115 Å². The lowest BCUT2D eigenvalue weighted by Crippen LogP contribution is -2.60. The molecule has 27 nitrogen and oxygen atoms in total. The average molecular weight is 1100 g/mol. The summed E-state index contributed by atoms with van der Waals surface area (Å²) in [6.07, 6.45) is -7.92. The van der Waals surface area contributed by atoms with Crippen molar-refractivity contribution in [2.75, 3.05) is 47.7 Å². The molecule has 9 atom stereocenters. The lowest BCUT2D eigenvalue weighted by molar-refractivity contribution is -0.387. The van der Waals surface area contributed by atoms with E-state index in [1.165, 1.54) is 47.8 Å². The predicted octanol–water partition coefficient (Wildman–Crippen LogP) is 2.07. The molecule has 79 heavy (non-hydrogen) atoms. The molecule has 2 fully saturated rings. The summed E-state index contributed by atoms with van der Waals surface area (Å²) in [7, 11) is 2.97. The number of carbonyl (C=O) groups excluding carboxylic acids is 6. The molecule has 4 aromatic rings. The van der Waals surface area contributed by atoms with Crippen LogP contribution in [0.1, 0.15) is 79.3 Å². The van der Waals surface area contributed by atoms with Gasteiger partial charge >= 0.3 is 11.8 Å². The van der Waals surface area contributed by atoms with Crippen LogP contribution in [-0.2, 0) is 37.5 Å². The number of fused-ring (bicyclic) bond motifs is 2. The number of aromatic nitrogens is 1. The van der Waals surface area contributed by atoms with Gasteiger partial charge in [0.25, 0.3) is 11.8 Å². The summed E-state index contributed by atoms with van der Waals surface area (Å²) in [6, 6.07) is 11.5. The van der Waals surface area contributed by atoms with E-state index in [0.29, 0.717) is 36.3 Å². The second kappa shape index (κ2) is 25.7. The highest BCUT2D eigenvalue weighted by Crippen LogP contribution is 2.41. The maximum Gasteiger partial charge on any atom is 0.416 e. The van der Waals surface area contributed by atoms with Crippen molar-refractivity contribution in [3.05, 3.63) is 93.8 Å². The minimum Gasteiger partial charge on any atom is -0.493 e. The van der Waals surface area contributed by atoms with Gasteiger partial charge in [0.2, 0.25) is 24.0 Å². The number of nitro benzene ring substituents is 1. The number of aliphatic hydroxyl groups excluding tert-OH is 5. The third-order valence-corrected chi connectivity index (χ3v) is 13.6. The van der Waals surface area contributed by atoms with E-state index < -0.39 is 120 Å². The van der Waals surface area contributed by atoms with Crippen LogP contribution in [-0.4, -0.2) is 157 Å². The van der Waals surface area contributed by atoms with Crippen LogP contribution in [0, 0.1) is 16.0 Å². The fourth-order valence-corrected chi connectivity index (χ4v) is 9.04. The summed E-state index contributed by atoms with van der Waals surface area (Å²) in [4.78, 5) is 93.4. The highest BCUT2D eigenvalue weighted by atomic mass is 16.7. The number of methoxy groups -OCH3 is 1. The molecule has 11 N–H and O–H groups in total. The molecule has 0 bridgehead atoms. The molecule has 7 rings (SSSR count). The van der Waals surface area contributed by atoms with Crippen molar-refractivity contribution in [3.63, 3.8) is 0 Å². The van der Waals surface area contributed by atoms with E-state index in [9.17, 15) is 64.4 Å². The Balaban J connectivity index is 0.967. The number of hydrogen-bond donors (Lipinski definition) is 10. The molecule has 426 valence electrons. The number of aryl methyl sites for hydroxylation is 1. The standard InChI is InChI=1S/C52H65N9O18/c1-26(2)42(53)48(69)54-27(3)46(67)56-29-12-14-30(15-13-29)57-47(68)36-20-31(23-58(36)4)55-41(63)10-8-18-76-39-22-34-32(21-38(39)75-5)49(70)59-17-7-6-9-33(59)50(71)60(34)52(72)77-25-28-11-16-37(35(19-28)61(73)74)78-51-45(66)44(65)43(64)40(24-62)79-51/h11-16,19-23,26-27,33,40,42-45,50-51,62,64-66,71H,6-10,17-18,24-25,53H2,1-5H3,(H,54,69)(H,55,63)(H,56,67)(H,57,68)/t27-,33-,40+,42-,43+,44-,45+,50?,51+/m0/s1. The molecule has 0 spiro atoms. The van der Waals surface area contributed by atoms with Gasteiger partial charge in [-0.15, -0.1) is 0 Å². The Kier molecular flexibility index (Phi) is 19.1.